The fourth-order valence-electron chi connectivity index (χ4n) is 1.63. The quantitative estimate of drug-likeness (QED) is 0.840. The van der Waals surface area contributed by atoms with E-state index in [0.29, 0.717) is 35.1 Å². The second-order valence-corrected chi connectivity index (χ2v) is 4.23. The maximum atomic E-state index is 12.1. The number of nitrogens with zero attached hydrogens (tertiary/aromatic N) is 2. The molecule has 5 nitrogen and oxygen atoms in total. The van der Waals surface area contributed by atoms with E-state index in [1.807, 2.05) is 6.07 Å². The first-order valence-corrected chi connectivity index (χ1v) is 5.73. The number of nitriles is 1. The fourth-order valence-corrected chi connectivity index (χ4v) is 1.90. The van der Waals surface area contributed by atoms with Gasteiger partial charge in [-0.15, -0.1) is 0 Å². The molecule has 1 aliphatic heterocycles. The van der Waals surface area contributed by atoms with Crippen LogP contribution in [0.5, 0.6) is 11.5 Å². The molecule has 0 aliphatic carbocycles. The minimum Gasteiger partial charge on any atom is -0.454 e. The highest BCUT2D eigenvalue weighted by Gasteiger charge is 2.21. The van der Waals surface area contributed by atoms with Gasteiger partial charge in [-0.05, 0) is 12.1 Å². The molecular weight excluding hydrogens is 256 g/mol. The maximum Gasteiger partial charge on any atom is 0.253 e. The third kappa shape index (κ3) is 2.34. The van der Waals surface area contributed by atoms with E-state index in [9.17, 15) is 4.79 Å². The smallest absolute Gasteiger partial charge is 0.253 e. The van der Waals surface area contributed by atoms with E-state index >= 15 is 0 Å². The summed E-state index contributed by atoms with van der Waals surface area (Å²) in [7, 11) is 1.64. The van der Waals surface area contributed by atoms with Gasteiger partial charge in [0.05, 0.1) is 17.5 Å². The van der Waals surface area contributed by atoms with Crippen LogP contribution in [0.3, 0.4) is 0 Å². The number of halogens is 1. The van der Waals surface area contributed by atoms with Crippen molar-refractivity contribution < 1.29 is 14.3 Å². The van der Waals surface area contributed by atoms with Crippen LogP contribution in [0.2, 0.25) is 5.02 Å². The lowest BCUT2D eigenvalue weighted by Gasteiger charge is -2.15. The van der Waals surface area contributed by atoms with E-state index in [4.69, 9.17) is 26.3 Å². The summed E-state index contributed by atoms with van der Waals surface area (Å²) in [6, 6.07) is 5.13. The van der Waals surface area contributed by atoms with Gasteiger partial charge in [0.1, 0.15) is 0 Å². The summed E-state index contributed by atoms with van der Waals surface area (Å²) in [6.45, 7) is 0.484. The Morgan fingerprint density at radius 3 is 3.06 bits per heavy atom. The number of hydrogen-bond acceptors (Lipinski definition) is 4. The molecule has 0 aromatic heterocycles. The summed E-state index contributed by atoms with van der Waals surface area (Å²) in [6.07, 6.45) is 0.292. The van der Waals surface area contributed by atoms with Crippen LogP contribution in [-0.2, 0) is 0 Å². The minimum absolute atomic E-state index is 0.108. The zero-order valence-corrected chi connectivity index (χ0v) is 10.5. The molecule has 1 heterocycles. The van der Waals surface area contributed by atoms with E-state index in [1.165, 1.54) is 4.90 Å². The number of benzene rings is 1. The number of amides is 1. The Balaban J connectivity index is 2.21. The normalized spacial score (nSPS) is 12.1. The number of rotatable bonds is 3. The molecule has 0 radical (unpaired) electrons. The van der Waals surface area contributed by atoms with Crippen LogP contribution in [0, 0.1) is 11.3 Å². The van der Waals surface area contributed by atoms with Gasteiger partial charge < -0.3 is 14.4 Å². The van der Waals surface area contributed by atoms with Crippen molar-refractivity contribution in [2.45, 2.75) is 6.42 Å². The molecule has 0 saturated carbocycles. The molecule has 0 N–H and O–H groups in total. The number of fused-ring (bicyclic) bond motifs is 1. The van der Waals surface area contributed by atoms with E-state index in [-0.39, 0.29) is 12.7 Å². The molecule has 6 heteroatoms. The van der Waals surface area contributed by atoms with E-state index in [1.54, 1.807) is 19.2 Å². The van der Waals surface area contributed by atoms with Crippen LogP contribution in [-0.4, -0.2) is 31.2 Å². The van der Waals surface area contributed by atoms with E-state index in [0.717, 1.165) is 0 Å². The van der Waals surface area contributed by atoms with Gasteiger partial charge in [0.25, 0.3) is 5.91 Å². The number of hydrogen-bond donors (Lipinski definition) is 0. The molecule has 0 atom stereocenters. The van der Waals surface area contributed by atoms with Gasteiger partial charge in [-0.2, -0.15) is 5.26 Å². The largest absolute Gasteiger partial charge is 0.454 e. The second kappa shape index (κ2) is 5.15. The Bertz CT molecular complexity index is 525. The van der Waals surface area contributed by atoms with Crippen molar-refractivity contribution in [3.05, 3.63) is 22.7 Å². The predicted molar refractivity (Wildman–Crippen MR) is 64.8 cm³/mol. The topological polar surface area (TPSA) is 62.6 Å². The van der Waals surface area contributed by atoms with Crippen molar-refractivity contribution in [2.24, 2.45) is 0 Å². The summed E-state index contributed by atoms with van der Waals surface area (Å²) in [4.78, 5) is 13.5. The first-order valence-electron chi connectivity index (χ1n) is 5.35. The minimum atomic E-state index is -0.203. The summed E-state index contributed by atoms with van der Waals surface area (Å²) in [5.41, 5.74) is 0.421. The Kier molecular flexibility index (Phi) is 3.58. The van der Waals surface area contributed by atoms with Crippen LogP contribution in [0.1, 0.15) is 16.8 Å². The third-order valence-electron chi connectivity index (χ3n) is 2.58. The van der Waals surface area contributed by atoms with Crippen LogP contribution in [0.15, 0.2) is 12.1 Å². The number of ether oxygens (including phenoxy) is 2. The van der Waals surface area contributed by atoms with Crippen LogP contribution in [0.25, 0.3) is 0 Å². The summed E-state index contributed by atoms with van der Waals surface area (Å²) >= 11 is 6.00. The molecule has 1 amide bonds. The monoisotopic (exact) mass is 266 g/mol. The van der Waals surface area contributed by atoms with Crippen LogP contribution in [0.4, 0.5) is 0 Å². The Hall–Kier alpha value is -1.93. The highest BCUT2D eigenvalue weighted by atomic mass is 35.5. The Morgan fingerprint density at radius 2 is 2.33 bits per heavy atom. The molecule has 1 aromatic rings. The molecule has 18 heavy (non-hydrogen) atoms. The summed E-state index contributed by atoms with van der Waals surface area (Å²) in [5.74, 6) is 0.734. The average molecular weight is 267 g/mol. The molecule has 0 spiro atoms. The molecule has 0 saturated heterocycles. The lowest BCUT2D eigenvalue weighted by Crippen LogP contribution is -2.27. The molecular formula is C12H11ClN2O3. The van der Waals surface area contributed by atoms with Crippen molar-refractivity contribution in [3.63, 3.8) is 0 Å². The molecule has 0 fully saturated rings. The van der Waals surface area contributed by atoms with Crippen molar-refractivity contribution >= 4 is 17.5 Å². The molecule has 1 aromatic carbocycles. The third-order valence-corrected chi connectivity index (χ3v) is 2.86. The number of carbonyl (C=O) groups is 1. The van der Waals surface area contributed by atoms with Crippen molar-refractivity contribution in [3.8, 4) is 17.6 Å². The van der Waals surface area contributed by atoms with Gasteiger partial charge in [0.2, 0.25) is 6.79 Å². The maximum absolute atomic E-state index is 12.1. The molecule has 1 aliphatic rings. The standard InChI is InChI=1S/C12H11ClN2O3/c1-15(4-2-3-14)12(16)8-5-9(13)11-10(6-8)17-7-18-11/h5-6H,2,4,7H2,1H3. The molecule has 2 rings (SSSR count). The molecule has 0 unspecified atom stereocenters. The Morgan fingerprint density at radius 1 is 1.56 bits per heavy atom. The van der Waals surface area contributed by atoms with Gasteiger partial charge in [-0.1, -0.05) is 11.6 Å². The fraction of sp³-hybridized carbons (Fsp3) is 0.333. The lowest BCUT2D eigenvalue weighted by molar-refractivity contribution is 0.0797. The van der Waals surface area contributed by atoms with Crippen molar-refractivity contribution in [2.75, 3.05) is 20.4 Å². The van der Waals surface area contributed by atoms with Gasteiger partial charge in [-0.3, -0.25) is 4.79 Å². The number of carbonyl (C=O) groups excluding carboxylic acids is 1. The van der Waals surface area contributed by atoms with Gasteiger partial charge in [-0.25, -0.2) is 0 Å². The second-order valence-electron chi connectivity index (χ2n) is 3.83. The van der Waals surface area contributed by atoms with E-state index in [2.05, 4.69) is 0 Å². The average Bonchev–Trinajstić information content (AvgIpc) is 2.83. The highest BCUT2D eigenvalue weighted by Crippen LogP contribution is 2.39. The predicted octanol–water partition coefficient (Wildman–Crippen LogP) is 2.05. The van der Waals surface area contributed by atoms with Crippen LogP contribution >= 0.6 is 11.6 Å². The van der Waals surface area contributed by atoms with Gasteiger partial charge >= 0.3 is 0 Å². The zero-order valence-electron chi connectivity index (χ0n) is 9.77. The van der Waals surface area contributed by atoms with Crippen molar-refractivity contribution in [1.29, 1.82) is 5.26 Å². The first kappa shape index (κ1) is 12.5. The van der Waals surface area contributed by atoms with Crippen LogP contribution < -0.4 is 9.47 Å². The summed E-state index contributed by atoms with van der Waals surface area (Å²) in [5, 5.41) is 8.84. The molecule has 94 valence electrons. The lowest BCUT2D eigenvalue weighted by atomic mass is 10.1. The highest BCUT2D eigenvalue weighted by molar-refractivity contribution is 6.32. The first-order chi connectivity index (χ1) is 8.63. The van der Waals surface area contributed by atoms with Gasteiger partial charge in [0, 0.05) is 19.2 Å². The molecule has 0 bridgehead atoms. The van der Waals surface area contributed by atoms with Crippen molar-refractivity contribution in [1.82, 2.24) is 4.90 Å². The zero-order chi connectivity index (χ0) is 13.1. The van der Waals surface area contributed by atoms with E-state index < -0.39 is 0 Å². The SMILES string of the molecule is CN(CCC#N)C(=O)c1cc(Cl)c2c(c1)OCO2. The van der Waals surface area contributed by atoms with Gasteiger partial charge in [0.15, 0.2) is 11.5 Å². The summed E-state index contributed by atoms with van der Waals surface area (Å²) < 4.78 is 10.4. The Labute approximate surface area is 109 Å².